The van der Waals surface area contributed by atoms with E-state index in [0.29, 0.717) is 0 Å². The molecule has 0 aliphatic heterocycles. The van der Waals surface area contributed by atoms with Gasteiger partial charge < -0.3 is 10.2 Å². The van der Waals surface area contributed by atoms with E-state index in [2.05, 4.69) is 65.0 Å². The Hall–Kier alpha value is -2.01. The number of anilines is 2. The van der Waals surface area contributed by atoms with Crippen LogP contribution in [0.4, 0.5) is 11.4 Å². The third-order valence-corrected chi connectivity index (χ3v) is 4.08. The van der Waals surface area contributed by atoms with Gasteiger partial charge in [0.25, 0.3) is 0 Å². The fraction of sp³-hybridized carbons (Fsp3) is 0.267. The summed E-state index contributed by atoms with van der Waals surface area (Å²) < 4.78 is 2.06. The molecule has 0 unspecified atom stereocenters. The Balaban J connectivity index is 1.74. The lowest BCUT2D eigenvalue weighted by molar-refractivity contribution is 1.07. The largest absolute Gasteiger partial charge is 0.379 e. The van der Waals surface area contributed by atoms with Gasteiger partial charge in [-0.15, -0.1) is 11.3 Å². The summed E-state index contributed by atoms with van der Waals surface area (Å²) in [6, 6.07) is 6.43. The normalized spacial score (nSPS) is 10.9. The molecule has 1 aromatic carbocycles. The zero-order valence-electron chi connectivity index (χ0n) is 11.9. The fourth-order valence-electron chi connectivity index (χ4n) is 2.26. The van der Waals surface area contributed by atoms with Crippen LogP contribution in [-0.4, -0.2) is 23.5 Å². The Bertz CT molecular complexity index is 698. The van der Waals surface area contributed by atoms with Gasteiger partial charge >= 0.3 is 0 Å². The van der Waals surface area contributed by atoms with E-state index in [1.807, 2.05) is 11.6 Å². The minimum atomic E-state index is 0.740. The second-order valence-corrected chi connectivity index (χ2v) is 5.95. The van der Waals surface area contributed by atoms with E-state index in [1.54, 1.807) is 11.3 Å². The molecule has 0 saturated heterocycles. The molecule has 0 radical (unpaired) electrons. The maximum absolute atomic E-state index is 4.57. The number of aryl methyl sites for hydroxylation is 1. The molecule has 2 aromatic heterocycles. The lowest BCUT2D eigenvalue weighted by Crippen LogP contribution is -2.11. The van der Waals surface area contributed by atoms with Crippen LogP contribution >= 0.6 is 11.3 Å². The highest BCUT2D eigenvalue weighted by Gasteiger charge is 2.04. The first-order chi connectivity index (χ1) is 9.63. The van der Waals surface area contributed by atoms with E-state index >= 15 is 0 Å². The lowest BCUT2D eigenvalue weighted by atomic mass is 10.1. The van der Waals surface area contributed by atoms with Crippen molar-refractivity contribution in [2.45, 2.75) is 13.5 Å². The molecule has 0 spiro atoms. The molecule has 3 rings (SSSR count). The third-order valence-electron chi connectivity index (χ3n) is 3.31. The number of nitrogens with zero attached hydrogens (tertiary/aromatic N) is 3. The number of hydrogen-bond donors (Lipinski definition) is 1. The van der Waals surface area contributed by atoms with Gasteiger partial charge in [-0.25, -0.2) is 4.98 Å². The Labute approximate surface area is 122 Å². The van der Waals surface area contributed by atoms with Gasteiger partial charge in [0.15, 0.2) is 4.96 Å². The van der Waals surface area contributed by atoms with E-state index in [4.69, 9.17) is 0 Å². The Kier molecular flexibility index (Phi) is 3.36. The topological polar surface area (TPSA) is 32.6 Å². The standard InChI is InChI=1S/C15H18N4S/c1-11-4-5-12(8-14(11)18(2)3)16-9-13-10-19-6-7-20-15(19)17-13/h4-8,10,16H,9H2,1-3H3. The van der Waals surface area contributed by atoms with E-state index < -0.39 is 0 Å². The van der Waals surface area contributed by atoms with Crippen LogP contribution in [0.15, 0.2) is 36.0 Å². The molecule has 1 N–H and O–H groups in total. The van der Waals surface area contributed by atoms with Crippen molar-refractivity contribution in [3.8, 4) is 0 Å². The van der Waals surface area contributed by atoms with Crippen molar-refractivity contribution >= 4 is 27.7 Å². The van der Waals surface area contributed by atoms with Gasteiger partial charge in [0.1, 0.15) is 0 Å². The number of imidazole rings is 1. The van der Waals surface area contributed by atoms with Crippen molar-refractivity contribution in [2.24, 2.45) is 0 Å². The SMILES string of the molecule is Cc1ccc(NCc2cn3ccsc3n2)cc1N(C)C. The summed E-state index contributed by atoms with van der Waals surface area (Å²) in [5.41, 5.74) is 4.70. The molecule has 0 aliphatic rings. The van der Waals surface area contributed by atoms with Crippen molar-refractivity contribution in [1.29, 1.82) is 0 Å². The van der Waals surface area contributed by atoms with Crippen LogP contribution in [0.1, 0.15) is 11.3 Å². The third kappa shape index (κ3) is 2.49. The molecular weight excluding hydrogens is 268 g/mol. The van der Waals surface area contributed by atoms with Crippen LogP contribution in [-0.2, 0) is 6.54 Å². The molecule has 2 heterocycles. The first-order valence-electron chi connectivity index (χ1n) is 6.56. The van der Waals surface area contributed by atoms with Crippen molar-refractivity contribution in [3.05, 3.63) is 47.2 Å². The quantitative estimate of drug-likeness (QED) is 0.798. The molecule has 104 valence electrons. The first kappa shape index (κ1) is 13.0. The van der Waals surface area contributed by atoms with Gasteiger partial charge in [-0.1, -0.05) is 6.07 Å². The monoisotopic (exact) mass is 286 g/mol. The molecule has 4 nitrogen and oxygen atoms in total. The molecule has 0 atom stereocenters. The van der Waals surface area contributed by atoms with Gasteiger partial charge in [-0.05, 0) is 24.6 Å². The fourth-order valence-corrected chi connectivity index (χ4v) is 2.97. The van der Waals surface area contributed by atoms with Crippen molar-refractivity contribution < 1.29 is 0 Å². The maximum Gasteiger partial charge on any atom is 0.193 e. The van der Waals surface area contributed by atoms with Gasteiger partial charge in [0, 0.05) is 43.2 Å². The lowest BCUT2D eigenvalue weighted by Gasteiger charge is -2.17. The average molecular weight is 286 g/mol. The smallest absolute Gasteiger partial charge is 0.193 e. The predicted octanol–water partition coefficient (Wildman–Crippen LogP) is 3.38. The molecular formula is C15H18N4S. The Morgan fingerprint density at radius 2 is 2.20 bits per heavy atom. The van der Waals surface area contributed by atoms with Crippen LogP contribution in [0, 0.1) is 6.92 Å². The Morgan fingerprint density at radius 3 is 2.95 bits per heavy atom. The number of fused-ring (bicyclic) bond motifs is 1. The second-order valence-electron chi connectivity index (χ2n) is 5.07. The zero-order chi connectivity index (χ0) is 14.1. The second kappa shape index (κ2) is 5.17. The summed E-state index contributed by atoms with van der Waals surface area (Å²) in [7, 11) is 4.13. The highest BCUT2D eigenvalue weighted by Crippen LogP contribution is 2.23. The summed E-state index contributed by atoms with van der Waals surface area (Å²) in [5.74, 6) is 0. The molecule has 3 aromatic rings. The van der Waals surface area contributed by atoms with E-state index in [9.17, 15) is 0 Å². The van der Waals surface area contributed by atoms with E-state index in [0.717, 1.165) is 22.9 Å². The highest BCUT2D eigenvalue weighted by atomic mass is 32.1. The molecule has 0 aliphatic carbocycles. The molecule has 0 saturated carbocycles. The van der Waals surface area contributed by atoms with Crippen molar-refractivity contribution in [2.75, 3.05) is 24.3 Å². The van der Waals surface area contributed by atoms with Crippen LogP contribution in [0.3, 0.4) is 0 Å². The number of thiazole rings is 1. The molecule has 20 heavy (non-hydrogen) atoms. The van der Waals surface area contributed by atoms with Crippen LogP contribution in [0.5, 0.6) is 0 Å². The molecule has 0 bridgehead atoms. The summed E-state index contributed by atoms with van der Waals surface area (Å²) in [6.07, 6.45) is 4.10. The molecule has 0 fully saturated rings. The summed E-state index contributed by atoms with van der Waals surface area (Å²) >= 11 is 1.66. The first-order valence-corrected chi connectivity index (χ1v) is 7.44. The number of benzene rings is 1. The van der Waals surface area contributed by atoms with Crippen LogP contribution in [0.25, 0.3) is 4.96 Å². The van der Waals surface area contributed by atoms with Crippen molar-refractivity contribution in [1.82, 2.24) is 9.38 Å². The minimum Gasteiger partial charge on any atom is -0.379 e. The van der Waals surface area contributed by atoms with Gasteiger partial charge in [0.05, 0.1) is 12.2 Å². The van der Waals surface area contributed by atoms with Crippen molar-refractivity contribution in [3.63, 3.8) is 0 Å². The Morgan fingerprint density at radius 1 is 1.35 bits per heavy atom. The number of nitrogens with one attached hydrogen (secondary N) is 1. The summed E-state index contributed by atoms with van der Waals surface area (Å²) in [4.78, 5) is 7.74. The number of hydrogen-bond acceptors (Lipinski definition) is 4. The summed E-state index contributed by atoms with van der Waals surface area (Å²) in [5, 5.41) is 5.48. The minimum absolute atomic E-state index is 0.740. The summed E-state index contributed by atoms with van der Waals surface area (Å²) in [6.45, 7) is 2.87. The van der Waals surface area contributed by atoms with Crippen LogP contribution in [0.2, 0.25) is 0 Å². The van der Waals surface area contributed by atoms with Crippen LogP contribution < -0.4 is 10.2 Å². The average Bonchev–Trinajstić information content (AvgIpc) is 2.98. The molecule has 5 heteroatoms. The number of aromatic nitrogens is 2. The van der Waals surface area contributed by atoms with Gasteiger partial charge in [-0.2, -0.15) is 0 Å². The van der Waals surface area contributed by atoms with E-state index in [-0.39, 0.29) is 0 Å². The highest BCUT2D eigenvalue weighted by molar-refractivity contribution is 7.15. The van der Waals surface area contributed by atoms with Gasteiger partial charge in [0.2, 0.25) is 0 Å². The predicted molar refractivity (Wildman–Crippen MR) is 85.9 cm³/mol. The maximum atomic E-state index is 4.57. The van der Waals surface area contributed by atoms with E-state index in [1.165, 1.54) is 11.3 Å². The van der Waals surface area contributed by atoms with Gasteiger partial charge in [-0.3, -0.25) is 4.40 Å². The molecule has 0 amide bonds. The number of rotatable bonds is 4. The zero-order valence-corrected chi connectivity index (χ0v) is 12.7.